The highest BCUT2D eigenvalue weighted by molar-refractivity contribution is 5.97. The number of hydrogen-bond donors (Lipinski definition) is 2. The Labute approximate surface area is 257 Å². The summed E-state index contributed by atoms with van der Waals surface area (Å²) in [5.74, 6) is 1.97. The van der Waals surface area contributed by atoms with Crippen LogP contribution in [-0.4, -0.2) is 97.1 Å². The molecule has 2 N–H and O–H groups in total. The van der Waals surface area contributed by atoms with Crippen LogP contribution in [0.25, 0.3) is 16.8 Å². The minimum atomic E-state index is -0.0173. The third-order valence-electron chi connectivity index (χ3n) is 8.40. The number of aryl methyl sites for hydroxylation is 1. The van der Waals surface area contributed by atoms with Crippen molar-refractivity contribution in [3.8, 4) is 22.8 Å². The van der Waals surface area contributed by atoms with Crippen LogP contribution in [0.15, 0.2) is 54.7 Å². The molecule has 1 aliphatic carbocycles. The Kier molecular flexibility index (Phi) is 8.32. The monoisotopic (exact) mass is 597 g/mol. The standard InChI is InChI=1S/C33H39N7O4/c1-23-19-24(5-8-28(23)33(41)36-25-6-7-25)29-22-35-40-30(34-9-10-38-11-15-42-16-12-38)21-31(37-32(29)40)44-27-4-2-3-26(20-27)39-13-17-43-18-14-39/h2-5,8,19-22,25,34H,6-7,9-18H2,1H3,(H,36,41). The molecule has 0 bridgehead atoms. The molecule has 11 nitrogen and oxygen atoms in total. The molecule has 0 spiro atoms. The number of nitrogens with zero attached hydrogens (tertiary/aromatic N) is 5. The second kappa shape index (κ2) is 12.8. The van der Waals surface area contributed by atoms with E-state index < -0.39 is 0 Å². The predicted molar refractivity (Wildman–Crippen MR) is 169 cm³/mol. The molecule has 2 aliphatic heterocycles. The maximum absolute atomic E-state index is 12.7. The van der Waals surface area contributed by atoms with Crippen LogP contribution in [0.1, 0.15) is 28.8 Å². The molecule has 2 aromatic heterocycles. The van der Waals surface area contributed by atoms with Crippen molar-refractivity contribution in [3.63, 3.8) is 0 Å². The molecule has 3 aliphatic rings. The molecule has 230 valence electrons. The molecule has 4 heterocycles. The van der Waals surface area contributed by atoms with Crippen molar-refractivity contribution in [1.29, 1.82) is 0 Å². The van der Waals surface area contributed by atoms with Gasteiger partial charge in [-0.05, 0) is 49.1 Å². The normalized spacial score (nSPS) is 17.5. The molecule has 1 amide bonds. The first-order chi connectivity index (χ1) is 21.6. The highest BCUT2D eigenvalue weighted by Gasteiger charge is 2.25. The lowest BCUT2D eigenvalue weighted by Crippen LogP contribution is -2.39. The smallest absolute Gasteiger partial charge is 0.251 e. The van der Waals surface area contributed by atoms with Crippen molar-refractivity contribution in [3.05, 3.63) is 65.9 Å². The third-order valence-corrected chi connectivity index (χ3v) is 8.40. The molecule has 11 heteroatoms. The number of aromatic nitrogens is 3. The van der Waals surface area contributed by atoms with Gasteiger partial charge in [-0.25, -0.2) is 0 Å². The summed E-state index contributed by atoms with van der Waals surface area (Å²) >= 11 is 0. The van der Waals surface area contributed by atoms with Gasteiger partial charge in [-0.15, -0.1) is 0 Å². The number of carbonyl (C=O) groups is 1. The van der Waals surface area contributed by atoms with Gasteiger partial charge in [-0.3, -0.25) is 9.69 Å². The Balaban J connectivity index is 1.18. The Morgan fingerprint density at radius 3 is 2.57 bits per heavy atom. The van der Waals surface area contributed by atoms with E-state index in [0.717, 1.165) is 107 Å². The minimum absolute atomic E-state index is 0.0173. The van der Waals surface area contributed by atoms with Gasteiger partial charge in [-0.2, -0.15) is 14.6 Å². The molecular weight excluding hydrogens is 558 g/mol. The molecule has 44 heavy (non-hydrogen) atoms. The third kappa shape index (κ3) is 6.50. The fourth-order valence-electron chi connectivity index (χ4n) is 5.75. The summed E-state index contributed by atoms with van der Waals surface area (Å²) < 4.78 is 19.3. The van der Waals surface area contributed by atoms with Gasteiger partial charge in [0.05, 0.1) is 32.6 Å². The van der Waals surface area contributed by atoms with Gasteiger partial charge in [0, 0.05) is 74.3 Å². The van der Waals surface area contributed by atoms with Crippen LogP contribution in [0.3, 0.4) is 0 Å². The van der Waals surface area contributed by atoms with Crippen molar-refractivity contribution in [2.24, 2.45) is 0 Å². The first kappa shape index (κ1) is 28.6. The minimum Gasteiger partial charge on any atom is -0.439 e. The zero-order valence-electron chi connectivity index (χ0n) is 25.1. The van der Waals surface area contributed by atoms with Crippen LogP contribution in [0.2, 0.25) is 0 Å². The van der Waals surface area contributed by atoms with Crippen LogP contribution in [0.4, 0.5) is 11.5 Å². The van der Waals surface area contributed by atoms with E-state index in [9.17, 15) is 4.79 Å². The maximum Gasteiger partial charge on any atom is 0.251 e. The predicted octanol–water partition coefficient (Wildman–Crippen LogP) is 3.97. The van der Waals surface area contributed by atoms with Crippen molar-refractivity contribution in [1.82, 2.24) is 24.8 Å². The van der Waals surface area contributed by atoms with E-state index in [0.29, 0.717) is 28.9 Å². The number of benzene rings is 2. The van der Waals surface area contributed by atoms with Crippen LogP contribution in [-0.2, 0) is 9.47 Å². The fourth-order valence-corrected chi connectivity index (χ4v) is 5.75. The van der Waals surface area contributed by atoms with Crippen LogP contribution >= 0.6 is 0 Å². The average Bonchev–Trinajstić information content (AvgIpc) is 3.76. The van der Waals surface area contributed by atoms with Gasteiger partial charge in [0.2, 0.25) is 5.88 Å². The number of anilines is 2. The summed E-state index contributed by atoms with van der Waals surface area (Å²) in [6, 6.07) is 16.2. The molecule has 0 atom stereocenters. The second-order valence-corrected chi connectivity index (χ2v) is 11.6. The van der Waals surface area contributed by atoms with E-state index >= 15 is 0 Å². The van der Waals surface area contributed by atoms with E-state index in [1.54, 1.807) is 0 Å². The molecular formula is C33H39N7O4. The summed E-state index contributed by atoms with van der Waals surface area (Å²) in [5, 5.41) is 11.4. The van der Waals surface area contributed by atoms with E-state index in [1.165, 1.54) is 0 Å². The van der Waals surface area contributed by atoms with Gasteiger partial charge in [-0.1, -0.05) is 18.2 Å². The quantitative estimate of drug-likeness (QED) is 0.281. The molecule has 2 aromatic carbocycles. The van der Waals surface area contributed by atoms with Gasteiger partial charge in [0.15, 0.2) is 5.65 Å². The number of rotatable bonds is 10. The average molecular weight is 598 g/mol. The lowest BCUT2D eigenvalue weighted by atomic mass is 10.0. The highest BCUT2D eigenvalue weighted by atomic mass is 16.5. The van der Waals surface area contributed by atoms with E-state index in [1.807, 2.05) is 54.0 Å². The molecule has 4 aromatic rings. The van der Waals surface area contributed by atoms with Gasteiger partial charge in [0.1, 0.15) is 11.6 Å². The number of nitrogens with one attached hydrogen (secondary N) is 2. The van der Waals surface area contributed by atoms with Crippen molar-refractivity contribution >= 4 is 23.1 Å². The van der Waals surface area contributed by atoms with Crippen LogP contribution in [0.5, 0.6) is 11.6 Å². The van der Waals surface area contributed by atoms with Gasteiger partial charge < -0.3 is 29.7 Å². The molecule has 1 saturated carbocycles. The fraction of sp³-hybridized carbons (Fsp3) is 0.424. The van der Waals surface area contributed by atoms with Crippen LogP contribution < -0.4 is 20.3 Å². The Morgan fingerprint density at radius 1 is 1.00 bits per heavy atom. The Bertz CT molecular complexity index is 1620. The largest absolute Gasteiger partial charge is 0.439 e. The number of hydrogen-bond acceptors (Lipinski definition) is 9. The maximum atomic E-state index is 12.7. The zero-order chi connectivity index (χ0) is 29.9. The summed E-state index contributed by atoms with van der Waals surface area (Å²) in [7, 11) is 0. The topological polar surface area (TPSA) is 105 Å². The molecule has 3 fully saturated rings. The SMILES string of the molecule is Cc1cc(-c2cnn3c(NCCN4CCOCC4)cc(Oc4cccc(N5CCOCC5)c4)nc23)ccc1C(=O)NC1CC1. The number of amides is 1. The first-order valence-electron chi connectivity index (χ1n) is 15.6. The molecule has 0 unspecified atom stereocenters. The molecule has 2 saturated heterocycles. The second-order valence-electron chi connectivity index (χ2n) is 11.6. The Hall–Kier alpha value is -4.19. The lowest BCUT2D eigenvalue weighted by molar-refractivity contribution is 0.0398. The van der Waals surface area contributed by atoms with E-state index in [4.69, 9.17) is 24.3 Å². The van der Waals surface area contributed by atoms with Crippen molar-refractivity contribution < 1.29 is 19.0 Å². The lowest BCUT2D eigenvalue weighted by Gasteiger charge is -2.29. The van der Waals surface area contributed by atoms with Crippen LogP contribution in [0, 0.1) is 6.92 Å². The highest BCUT2D eigenvalue weighted by Crippen LogP contribution is 2.32. The first-order valence-corrected chi connectivity index (χ1v) is 15.6. The number of morpholine rings is 2. The van der Waals surface area contributed by atoms with Crippen molar-refractivity contribution in [2.75, 3.05) is 75.9 Å². The molecule has 7 rings (SSSR count). The number of fused-ring (bicyclic) bond motifs is 1. The molecule has 0 radical (unpaired) electrons. The number of carbonyl (C=O) groups excluding carboxylic acids is 1. The van der Waals surface area contributed by atoms with E-state index in [-0.39, 0.29) is 5.91 Å². The summed E-state index contributed by atoms with van der Waals surface area (Å²) in [6.07, 6.45) is 3.94. The van der Waals surface area contributed by atoms with Gasteiger partial charge >= 0.3 is 0 Å². The van der Waals surface area contributed by atoms with E-state index in [2.05, 4.69) is 32.6 Å². The van der Waals surface area contributed by atoms with Gasteiger partial charge in [0.25, 0.3) is 5.91 Å². The zero-order valence-corrected chi connectivity index (χ0v) is 25.1. The summed E-state index contributed by atoms with van der Waals surface area (Å²) in [4.78, 5) is 22.4. The Morgan fingerprint density at radius 2 is 1.80 bits per heavy atom. The number of ether oxygens (including phenoxy) is 3. The van der Waals surface area contributed by atoms with Crippen molar-refractivity contribution in [2.45, 2.75) is 25.8 Å². The summed E-state index contributed by atoms with van der Waals surface area (Å²) in [6.45, 7) is 10.1. The summed E-state index contributed by atoms with van der Waals surface area (Å²) in [5.41, 5.74) is 5.19.